The fourth-order valence-electron chi connectivity index (χ4n) is 1.58. The van der Waals surface area contributed by atoms with Crippen LogP contribution in [0.4, 0.5) is 0 Å². The van der Waals surface area contributed by atoms with Crippen molar-refractivity contribution in [3.05, 3.63) is 40.4 Å². The summed E-state index contributed by atoms with van der Waals surface area (Å²) in [5.74, 6) is -0.605. The van der Waals surface area contributed by atoms with Crippen molar-refractivity contribution < 1.29 is 14.7 Å². The summed E-state index contributed by atoms with van der Waals surface area (Å²) < 4.78 is 0.909. The number of carbonyl (C=O) groups excluding carboxylic acids is 2. The van der Waals surface area contributed by atoms with E-state index in [0.29, 0.717) is 11.1 Å². The molecule has 0 saturated heterocycles. The normalized spacial score (nSPS) is 20.9. The fraction of sp³-hybridized carbons (Fsp3) is 0.167. The number of benzene rings is 1. The summed E-state index contributed by atoms with van der Waals surface area (Å²) in [4.78, 5) is 22.9. The van der Waals surface area contributed by atoms with E-state index < -0.39 is 11.9 Å². The Hall–Kier alpha value is -1.26. The summed E-state index contributed by atoms with van der Waals surface area (Å²) in [6, 6.07) is 7.13. The summed E-state index contributed by atoms with van der Waals surface area (Å²) >= 11 is 3.29. The average molecular weight is 281 g/mol. The number of hydrogen-bond acceptors (Lipinski definition) is 3. The predicted molar refractivity (Wildman–Crippen MR) is 62.8 cm³/mol. The average Bonchev–Trinajstić information content (AvgIpc) is 2.25. The predicted octanol–water partition coefficient (Wildman–Crippen LogP) is 1.74. The molecule has 0 spiro atoms. The first-order valence-corrected chi connectivity index (χ1v) is 5.60. The van der Waals surface area contributed by atoms with Crippen LogP contribution in [0, 0.1) is 0 Å². The Bertz CT molecular complexity index is 474. The van der Waals surface area contributed by atoms with E-state index in [1.54, 1.807) is 24.3 Å². The zero-order valence-corrected chi connectivity index (χ0v) is 9.90. The Morgan fingerprint density at radius 1 is 1.19 bits per heavy atom. The van der Waals surface area contributed by atoms with Crippen molar-refractivity contribution in [2.45, 2.75) is 12.5 Å². The number of hydrogen-bond donors (Lipinski definition) is 1. The molecule has 82 valence electrons. The molecule has 1 atom stereocenters. The number of Topliss-reactive ketones (excluding diaryl/α,β-unsaturated/α-hetero) is 1. The van der Waals surface area contributed by atoms with Crippen molar-refractivity contribution in [1.29, 1.82) is 0 Å². The van der Waals surface area contributed by atoms with E-state index in [4.69, 9.17) is 0 Å². The van der Waals surface area contributed by atoms with E-state index in [1.807, 2.05) is 0 Å². The lowest BCUT2D eigenvalue weighted by Crippen LogP contribution is -2.27. The van der Waals surface area contributed by atoms with Crippen LogP contribution < -0.4 is 0 Å². The van der Waals surface area contributed by atoms with Crippen molar-refractivity contribution in [3.8, 4) is 0 Å². The summed E-state index contributed by atoms with van der Waals surface area (Å²) in [6.07, 6.45) is -0.0767. The minimum Gasteiger partial charge on any atom is -0.384 e. The highest BCUT2D eigenvalue weighted by atomic mass is 79.9. The first-order chi connectivity index (χ1) is 7.58. The van der Waals surface area contributed by atoms with Gasteiger partial charge in [-0.25, -0.2) is 0 Å². The molecular formula is C12H9BrO3. The number of halogens is 1. The van der Waals surface area contributed by atoms with Crippen LogP contribution in [0.25, 0.3) is 5.57 Å². The minimum atomic E-state index is -1.17. The lowest BCUT2D eigenvalue weighted by molar-refractivity contribution is -0.128. The van der Waals surface area contributed by atoms with Gasteiger partial charge < -0.3 is 5.11 Å². The van der Waals surface area contributed by atoms with Crippen LogP contribution in [-0.4, -0.2) is 22.8 Å². The molecular weight excluding hydrogens is 272 g/mol. The van der Waals surface area contributed by atoms with E-state index in [0.717, 1.165) is 4.47 Å². The molecule has 0 aromatic heterocycles. The fourth-order valence-corrected chi connectivity index (χ4v) is 1.84. The third-order valence-electron chi connectivity index (χ3n) is 2.45. The van der Waals surface area contributed by atoms with Gasteiger partial charge in [0.05, 0.1) is 0 Å². The molecule has 0 amide bonds. The van der Waals surface area contributed by atoms with Gasteiger partial charge in [-0.1, -0.05) is 28.1 Å². The molecule has 0 radical (unpaired) electrons. The van der Waals surface area contributed by atoms with Crippen LogP contribution in [-0.2, 0) is 9.59 Å². The molecule has 2 rings (SSSR count). The topological polar surface area (TPSA) is 54.4 Å². The van der Waals surface area contributed by atoms with Gasteiger partial charge in [0.25, 0.3) is 0 Å². The second-order valence-electron chi connectivity index (χ2n) is 3.61. The zero-order chi connectivity index (χ0) is 11.7. The molecule has 0 bridgehead atoms. The van der Waals surface area contributed by atoms with Crippen molar-refractivity contribution >= 4 is 33.1 Å². The van der Waals surface area contributed by atoms with Crippen LogP contribution >= 0.6 is 15.9 Å². The molecule has 1 aliphatic carbocycles. The third kappa shape index (κ3) is 2.13. The molecule has 16 heavy (non-hydrogen) atoms. The van der Waals surface area contributed by atoms with Crippen LogP contribution in [0.5, 0.6) is 0 Å². The van der Waals surface area contributed by atoms with Gasteiger partial charge in [-0.2, -0.15) is 0 Å². The molecule has 1 aliphatic rings. The summed E-state index contributed by atoms with van der Waals surface area (Å²) in [6.45, 7) is 0. The molecule has 3 nitrogen and oxygen atoms in total. The quantitative estimate of drug-likeness (QED) is 0.853. The Morgan fingerprint density at radius 3 is 2.44 bits per heavy atom. The van der Waals surface area contributed by atoms with Crippen molar-refractivity contribution in [2.75, 3.05) is 0 Å². The molecule has 4 heteroatoms. The van der Waals surface area contributed by atoms with Gasteiger partial charge in [0.2, 0.25) is 0 Å². The van der Waals surface area contributed by atoms with Crippen molar-refractivity contribution in [1.82, 2.24) is 0 Å². The van der Waals surface area contributed by atoms with Crippen LogP contribution in [0.1, 0.15) is 12.0 Å². The highest BCUT2D eigenvalue weighted by Crippen LogP contribution is 2.23. The first kappa shape index (κ1) is 11.2. The number of carbonyl (C=O) groups is 2. The Morgan fingerprint density at radius 2 is 1.81 bits per heavy atom. The molecule has 1 N–H and O–H groups in total. The summed E-state index contributed by atoms with van der Waals surface area (Å²) in [5, 5.41) is 9.23. The second-order valence-corrected chi connectivity index (χ2v) is 4.53. The van der Waals surface area contributed by atoms with Gasteiger partial charge in [0.15, 0.2) is 11.6 Å². The van der Waals surface area contributed by atoms with Crippen molar-refractivity contribution in [2.24, 2.45) is 0 Å². The maximum atomic E-state index is 11.6. The van der Waals surface area contributed by atoms with E-state index >= 15 is 0 Å². The Kier molecular flexibility index (Phi) is 3.03. The highest BCUT2D eigenvalue weighted by molar-refractivity contribution is 9.10. The molecule has 0 fully saturated rings. The molecule has 0 aliphatic heterocycles. The maximum Gasteiger partial charge on any atom is 0.185 e. The van der Waals surface area contributed by atoms with Gasteiger partial charge in [-0.05, 0) is 23.8 Å². The third-order valence-corrected chi connectivity index (χ3v) is 2.98. The first-order valence-electron chi connectivity index (χ1n) is 4.80. The van der Waals surface area contributed by atoms with Gasteiger partial charge >= 0.3 is 0 Å². The lowest BCUT2D eigenvalue weighted by atomic mass is 9.90. The number of allylic oxidation sites excluding steroid dienone is 1. The number of aliphatic hydroxyl groups excluding tert-OH is 1. The summed E-state index contributed by atoms with van der Waals surface area (Å²) in [5.41, 5.74) is 1.08. The Balaban J connectivity index is 2.40. The summed E-state index contributed by atoms with van der Waals surface area (Å²) in [7, 11) is 0. The monoisotopic (exact) mass is 280 g/mol. The molecule has 1 aromatic rings. The molecule has 0 unspecified atom stereocenters. The van der Waals surface area contributed by atoms with Crippen LogP contribution in [0.15, 0.2) is 34.8 Å². The van der Waals surface area contributed by atoms with Gasteiger partial charge in [-0.15, -0.1) is 0 Å². The van der Waals surface area contributed by atoms with E-state index in [-0.39, 0.29) is 12.2 Å². The Labute approximate surface area is 101 Å². The second kappa shape index (κ2) is 4.31. The lowest BCUT2D eigenvalue weighted by Gasteiger charge is -2.15. The minimum absolute atomic E-state index is 0.124. The SMILES string of the molecule is O=C1C[C@@H](O)C(=O)C=C1c1ccc(Br)cc1. The van der Waals surface area contributed by atoms with Crippen LogP contribution in [0.2, 0.25) is 0 Å². The van der Waals surface area contributed by atoms with Gasteiger partial charge in [-0.3, -0.25) is 9.59 Å². The highest BCUT2D eigenvalue weighted by Gasteiger charge is 2.26. The van der Waals surface area contributed by atoms with Gasteiger partial charge in [0.1, 0.15) is 6.10 Å². The molecule has 1 aromatic carbocycles. The van der Waals surface area contributed by atoms with E-state index in [2.05, 4.69) is 15.9 Å². The maximum absolute atomic E-state index is 11.6. The standard InChI is InChI=1S/C12H9BrO3/c13-8-3-1-7(2-4-8)9-5-11(15)12(16)6-10(9)14/h1-5,12,16H,6H2/t12-/m1/s1. The number of rotatable bonds is 1. The molecule has 0 saturated carbocycles. The molecule has 0 heterocycles. The van der Waals surface area contributed by atoms with Crippen molar-refractivity contribution in [3.63, 3.8) is 0 Å². The smallest absolute Gasteiger partial charge is 0.185 e. The van der Waals surface area contributed by atoms with E-state index in [9.17, 15) is 14.7 Å². The van der Waals surface area contributed by atoms with Crippen LogP contribution in [0.3, 0.4) is 0 Å². The zero-order valence-electron chi connectivity index (χ0n) is 8.31. The largest absolute Gasteiger partial charge is 0.384 e. The van der Waals surface area contributed by atoms with Gasteiger partial charge in [0, 0.05) is 16.5 Å². The van der Waals surface area contributed by atoms with E-state index in [1.165, 1.54) is 6.08 Å². The number of aliphatic hydroxyl groups is 1. The number of ketones is 2.